The molecule has 0 radical (unpaired) electrons. The highest BCUT2D eigenvalue weighted by Gasteiger charge is 2.48. The number of hydrogen-bond donors (Lipinski definition) is 1. The summed E-state index contributed by atoms with van der Waals surface area (Å²) in [7, 11) is 0. The molecule has 0 saturated heterocycles. The van der Waals surface area contributed by atoms with Crippen molar-refractivity contribution in [3.05, 3.63) is 54.1 Å². The van der Waals surface area contributed by atoms with Crippen LogP contribution in [0.25, 0.3) is 5.57 Å². The van der Waals surface area contributed by atoms with Crippen LogP contribution in [0, 0.1) is 5.41 Å². The van der Waals surface area contributed by atoms with Crippen LogP contribution in [0.1, 0.15) is 76.2 Å². The van der Waals surface area contributed by atoms with Crippen molar-refractivity contribution >= 4 is 17.4 Å². The summed E-state index contributed by atoms with van der Waals surface area (Å²) in [4.78, 5) is 28.9. The molecule has 160 valence electrons. The van der Waals surface area contributed by atoms with Crippen LogP contribution in [-0.4, -0.2) is 28.8 Å². The van der Waals surface area contributed by atoms with Crippen LogP contribution in [-0.2, 0) is 9.59 Å². The van der Waals surface area contributed by atoms with Crippen molar-refractivity contribution in [2.75, 3.05) is 0 Å². The highest BCUT2D eigenvalue weighted by molar-refractivity contribution is 6.08. The van der Waals surface area contributed by atoms with Crippen LogP contribution in [0.15, 0.2) is 48.6 Å². The first-order chi connectivity index (χ1) is 14.6. The van der Waals surface area contributed by atoms with E-state index in [0.717, 1.165) is 36.8 Å². The molecule has 30 heavy (non-hydrogen) atoms. The summed E-state index contributed by atoms with van der Waals surface area (Å²) in [5.74, 6) is -0.586. The van der Waals surface area contributed by atoms with Crippen LogP contribution in [0.2, 0.25) is 0 Å². The van der Waals surface area contributed by atoms with Crippen LogP contribution >= 0.6 is 0 Å². The van der Waals surface area contributed by atoms with E-state index >= 15 is 0 Å². The average molecular weight is 407 g/mol. The number of rotatable bonds is 5. The second-order valence-corrected chi connectivity index (χ2v) is 9.19. The molecule has 2 amide bonds. The van der Waals surface area contributed by atoms with Gasteiger partial charge in [-0.3, -0.25) is 9.59 Å². The summed E-state index contributed by atoms with van der Waals surface area (Å²) in [5.41, 5.74) is 6.80. The van der Waals surface area contributed by atoms with Gasteiger partial charge in [-0.05, 0) is 43.2 Å². The number of amides is 2. The second kappa shape index (κ2) is 9.20. The van der Waals surface area contributed by atoms with Crippen molar-refractivity contribution in [2.45, 2.75) is 82.7 Å². The summed E-state index contributed by atoms with van der Waals surface area (Å²) in [5, 5.41) is 0. The van der Waals surface area contributed by atoms with Gasteiger partial charge in [0.15, 0.2) is 0 Å². The molecule has 3 aliphatic rings. The standard InChI is InChI=1S/C26H34N2O2/c27-24(29)26(18-16-21(17-19-26)20-10-4-1-5-11-20)25(30)28(22-12-6-2-7-13-22)23-14-8-3-9-15-23/h1,4-5,10-11,16-18,22-23H,2-3,6-9,12-15,19H2,(H2,27,29). The van der Waals surface area contributed by atoms with Crippen molar-refractivity contribution in [3.8, 4) is 0 Å². The molecule has 2 fully saturated rings. The third-order valence-electron chi connectivity index (χ3n) is 7.29. The lowest BCUT2D eigenvalue weighted by molar-refractivity contribution is -0.151. The smallest absolute Gasteiger partial charge is 0.242 e. The molecule has 3 aliphatic carbocycles. The van der Waals surface area contributed by atoms with Gasteiger partial charge in [0.25, 0.3) is 0 Å². The van der Waals surface area contributed by atoms with E-state index in [-0.39, 0.29) is 18.0 Å². The second-order valence-electron chi connectivity index (χ2n) is 9.19. The predicted molar refractivity (Wildman–Crippen MR) is 120 cm³/mol. The molecule has 1 aromatic carbocycles. The minimum atomic E-state index is -1.26. The summed E-state index contributed by atoms with van der Waals surface area (Å²) >= 11 is 0. The van der Waals surface area contributed by atoms with E-state index in [0.29, 0.717) is 6.42 Å². The Morgan fingerprint density at radius 1 is 0.867 bits per heavy atom. The molecule has 1 aromatic rings. The molecule has 0 aromatic heterocycles. The monoisotopic (exact) mass is 406 g/mol. The summed E-state index contributed by atoms with van der Waals surface area (Å²) in [6.45, 7) is 0. The molecule has 4 heteroatoms. The molecule has 0 spiro atoms. The van der Waals surface area contributed by atoms with Gasteiger partial charge in [0.1, 0.15) is 5.41 Å². The Morgan fingerprint density at radius 2 is 1.43 bits per heavy atom. The maximum Gasteiger partial charge on any atom is 0.242 e. The Kier molecular flexibility index (Phi) is 6.40. The van der Waals surface area contributed by atoms with Gasteiger partial charge in [-0.15, -0.1) is 0 Å². The Morgan fingerprint density at radius 3 is 1.90 bits per heavy atom. The van der Waals surface area contributed by atoms with E-state index < -0.39 is 11.3 Å². The topological polar surface area (TPSA) is 63.4 Å². The molecule has 4 nitrogen and oxygen atoms in total. The minimum Gasteiger partial charge on any atom is -0.368 e. The van der Waals surface area contributed by atoms with Gasteiger partial charge < -0.3 is 10.6 Å². The predicted octanol–water partition coefficient (Wildman–Crippen LogP) is 5.00. The van der Waals surface area contributed by atoms with Crippen LogP contribution in [0.3, 0.4) is 0 Å². The number of hydrogen-bond acceptors (Lipinski definition) is 2. The van der Waals surface area contributed by atoms with Crippen LogP contribution < -0.4 is 5.73 Å². The molecular weight excluding hydrogens is 372 g/mol. The zero-order valence-corrected chi connectivity index (χ0v) is 17.9. The number of nitrogens with zero attached hydrogens (tertiary/aromatic N) is 1. The Hall–Kier alpha value is -2.36. The third kappa shape index (κ3) is 4.10. The summed E-state index contributed by atoms with van der Waals surface area (Å²) in [6, 6.07) is 10.6. The molecule has 0 heterocycles. The Balaban J connectivity index is 1.63. The van der Waals surface area contributed by atoms with E-state index in [1.165, 1.54) is 38.5 Å². The summed E-state index contributed by atoms with van der Waals surface area (Å²) in [6.07, 6.45) is 17.4. The average Bonchev–Trinajstić information content (AvgIpc) is 2.81. The fourth-order valence-corrected chi connectivity index (χ4v) is 5.51. The van der Waals surface area contributed by atoms with Crippen LogP contribution in [0.4, 0.5) is 0 Å². The highest BCUT2D eigenvalue weighted by atomic mass is 16.2. The molecule has 2 N–H and O–H groups in total. The lowest BCUT2D eigenvalue weighted by atomic mass is 9.75. The first kappa shape index (κ1) is 20.9. The van der Waals surface area contributed by atoms with E-state index in [4.69, 9.17) is 5.73 Å². The number of primary amides is 1. The first-order valence-corrected chi connectivity index (χ1v) is 11.7. The number of nitrogens with two attached hydrogens (primary N) is 1. The van der Waals surface area contributed by atoms with Crippen molar-refractivity contribution in [2.24, 2.45) is 11.1 Å². The zero-order valence-electron chi connectivity index (χ0n) is 17.9. The minimum absolute atomic E-state index is 0.0617. The lowest BCUT2D eigenvalue weighted by Crippen LogP contribution is -2.57. The van der Waals surface area contributed by atoms with Crippen molar-refractivity contribution < 1.29 is 9.59 Å². The fraction of sp³-hybridized carbons (Fsp3) is 0.538. The number of benzene rings is 1. The van der Waals surface area contributed by atoms with Gasteiger partial charge in [-0.1, -0.05) is 87.1 Å². The SMILES string of the molecule is NC(=O)C1(C(=O)N(C2CCCCC2)C2CCCCC2)C=CC(c2ccccc2)=CC1. The molecular formula is C26H34N2O2. The van der Waals surface area contributed by atoms with Crippen molar-refractivity contribution in [3.63, 3.8) is 0 Å². The third-order valence-corrected chi connectivity index (χ3v) is 7.29. The van der Waals surface area contributed by atoms with Crippen molar-refractivity contribution in [1.82, 2.24) is 4.90 Å². The summed E-state index contributed by atoms with van der Waals surface area (Å²) < 4.78 is 0. The highest BCUT2D eigenvalue weighted by Crippen LogP contribution is 2.39. The maximum absolute atomic E-state index is 14.0. The van der Waals surface area contributed by atoms with E-state index in [9.17, 15) is 9.59 Å². The van der Waals surface area contributed by atoms with Gasteiger partial charge in [0, 0.05) is 12.1 Å². The largest absolute Gasteiger partial charge is 0.368 e. The van der Waals surface area contributed by atoms with Gasteiger partial charge in [0.2, 0.25) is 11.8 Å². The molecule has 1 unspecified atom stereocenters. The number of allylic oxidation sites excluding steroid dienone is 3. The van der Waals surface area contributed by atoms with Gasteiger partial charge >= 0.3 is 0 Å². The van der Waals surface area contributed by atoms with Gasteiger partial charge in [-0.2, -0.15) is 0 Å². The van der Waals surface area contributed by atoms with E-state index in [1.807, 2.05) is 42.5 Å². The van der Waals surface area contributed by atoms with E-state index in [2.05, 4.69) is 4.90 Å². The molecule has 4 rings (SSSR count). The number of carbonyl (C=O) groups is 2. The van der Waals surface area contributed by atoms with Gasteiger partial charge in [0.05, 0.1) is 0 Å². The fourth-order valence-electron chi connectivity index (χ4n) is 5.51. The van der Waals surface area contributed by atoms with Crippen LogP contribution in [0.5, 0.6) is 0 Å². The molecule has 0 bridgehead atoms. The quantitative estimate of drug-likeness (QED) is 0.700. The molecule has 1 atom stereocenters. The van der Waals surface area contributed by atoms with Crippen molar-refractivity contribution in [1.29, 1.82) is 0 Å². The van der Waals surface area contributed by atoms with E-state index in [1.54, 1.807) is 6.08 Å². The lowest BCUT2D eigenvalue weighted by Gasteiger charge is -2.45. The molecule has 2 saturated carbocycles. The Bertz CT molecular complexity index is 799. The first-order valence-electron chi connectivity index (χ1n) is 11.7. The normalized spacial score (nSPS) is 25.5. The van der Waals surface area contributed by atoms with Gasteiger partial charge in [-0.25, -0.2) is 0 Å². The Labute approximate surface area is 180 Å². The maximum atomic E-state index is 14.0. The zero-order chi connectivity index (χ0) is 21.0. The molecule has 0 aliphatic heterocycles. The number of carbonyl (C=O) groups excluding carboxylic acids is 2.